The van der Waals surface area contributed by atoms with Crippen molar-refractivity contribution in [1.82, 2.24) is 19.7 Å². The molecule has 2 aromatic heterocycles. The number of nitrogens with zero attached hydrogens (tertiary/aromatic N) is 5. The number of rotatable bonds is 6. The van der Waals surface area contributed by atoms with Crippen molar-refractivity contribution in [3.63, 3.8) is 0 Å². The molecule has 0 spiro atoms. The maximum atomic E-state index is 13.2. The van der Waals surface area contributed by atoms with E-state index in [2.05, 4.69) is 20.4 Å². The summed E-state index contributed by atoms with van der Waals surface area (Å²) in [6.07, 6.45) is 1.70. The summed E-state index contributed by atoms with van der Waals surface area (Å²) < 4.78 is 15.0. The lowest BCUT2D eigenvalue weighted by molar-refractivity contribution is 0.303. The third kappa shape index (κ3) is 3.49. The Labute approximate surface area is 161 Å². The molecule has 0 aliphatic heterocycles. The number of para-hydroxylation sites is 1. The number of nitrogens with one attached hydrogen (secondary N) is 1. The molecular formula is C20H19FN6O. The fraction of sp³-hybridized carbons (Fsp3) is 0.150. The zero-order valence-corrected chi connectivity index (χ0v) is 15.2. The summed E-state index contributed by atoms with van der Waals surface area (Å²) in [5, 5.41) is 17.7. The summed E-state index contributed by atoms with van der Waals surface area (Å²) in [5.74, 6) is 0.695. The van der Waals surface area contributed by atoms with Crippen LogP contribution in [0.25, 0.3) is 16.7 Å². The number of benzene rings is 2. The number of aromatic nitrogens is 4. The second kappa shape index (κ2) is 7.61. The largest absolute Gasteiger partial charge is 0.395 e. The SMILES string of the molecule is CN(CCO)c1nc(Nc2ccc(F)cc2)c2cnn(-c3ccccc3)c2n1. The Morgan fingerprint density at radius 2 is 1.82 bits per heavy atom. The molecule has 4 rings (SSSR count). The zero-order valence-electron chi connectivity index (χ0n) is 15.2. The van der Waals surface area contributed by atoms with Crippen LogP contribution in [0.5, 0.6) is 0 Å². The Balaban J connectivity index is 1.85. The Morgan fingerprint density at radius 3 is 2.54 bits per heavy atom. The van der Waals surface area contributed by atoms with Crippen LogP contribution in [-0.4, -0.2) is 45.1 Å². The first kappa shape index (κ1) is 17.9. The molecule has 2 heterocycles. The number of likely N-dealkylation sites (N-methyl/N-ethyl adjacent to an activating group) is 1. The van der Waals surface area contributed by atoms with Gasteiger partial charge >= 0.3 is 0 Å². The Morgan fingerprint density at radius 1 is 1.07 bits per heavy atom. The molecule has 0 amide bonds. The van der Waals surface area contributed by atoms with Gasteiger partial charge in [-0.2, -0.15) is 15.1 Å². The average Bonchev–Trinajstić information content (AvgIpc) is 3.15. The van der Waals surface area contributed by atoms with E-state index in [9.17, 15) is 9.50 Å². The predicted octanol–water partition coefficient (Wildman–Crippen LogP) is 3.13. The van der Waals surface area contributed by atoms with E-state index in [0.29, 0.717) is 29.6 Å². The van der Waals surface area contributed by atoms with Crippen LogP contribution >= 0.6 is 0 Å². The minimum Gasteiger partial charge on any atom is -0.395 e. The van der Waals surface area contributed by atoms with Crippen LogP contribution in [0.15, 0.2) is 60.8 Å². The van der Waals surface area contributed by atoms with Crippen LogP contribution in [0.3, 0.4) is 0 Å². The fourth-order valence-corrected chi connectivity index (χ4v) is 2.84. The highest BCUT2D eigenvalue weighted by Crippen LogP contribution is 2.27. The van der Waals surface area contributed by atoms with E-state index in [1.807, 2.05) is 37.4 Å². The van der Waals surface area contributed by atoms with Gasteiger partial charge in [0, 0.05) is 19.3 Å². The molecule has 28 heavy (non-hydrogen) atoms. The van der Waals surface area contributed by atoms with Crippen molar-refractivity contribution in [2.24, 2.45) is 0 Å². The first-order valence-corrected chi connectivity index (χ1v) is 8.81. The van der Waals surface area contributed by atoms with Crippen LogP contribution in [0.2, 0.25) is 0 Å². The Bertz CT molecular complexity index is 1080. The van der Waals surface area contributed by atoms with E-state index in [4.69, 9.17) is 0 Å². The molecule has 0 atom stereocenters. The quantitative estimate of drug-likeness (QED) is 0.537. The molecule has 2 aromatic carbocycles. The van der Waals surface area contributed by atoms with E-state index >= 15 is 0 Å². The molecule has 0 fully saturated rings. The van der Waals surface area contributed by atoms with Crippen LogP contribution in [0.4, 0.5) is 21.8 Å². The molecule has 0 saturated heterocycles. The molecule has 0 aliphatic carbocycles. The molecular weight excluding hydrogens is 359 g/mol. The maximum Gasteiger partial charge on any atom is 0.229 e. The van der Waals surface area contributed by atoms with Crippen molar-refractivity contribution < 1.29 is 9.50 Å². The summed E-state index contributed by atoms with van der Waals surface area (Å²) in [6.45, 7) is 0.373. The number of fused-ring (bicyclic) bond motifs is 1. The minimum atomic E-state index is -0.307. The molecule has 142 valence electrons. The van der Waals surface area contributed by atoms with E-state index in [1.54, 1.807) is 27.9 Å². The summed E-state index contributed by atoms with van der Waals surface area (Å²) >= 11 is 0. The summed E-state index contributed by atoms with van der Waals surface area (Å²) in [6, 6.07) is 15.7. The molecule has 0 saturated carbocycles. The molecule has 0 radical (unpaired) electrons. The number of hydrogen-bond donors (Lipinski definition) is 2. The Kier molecular flexibility index (Phi) is 4.86. The highest BCUT2D eigenvalue weighted by atomic mass is 19.1. The molecule has 4 aromatic rings. The molecule has 7 nitrogen and oxygen atoms in total. The van der Waals surface area contributed by atoms with Gasteiger partial charge in [-0.25, -0.2) is 9.07 Å². The topological polar surface area (TPSA) is 79.1 Å². The van der Waals surface area contributed by atoms with E-state index in [0.717, 1.165) is 11.1 Å². The van der Waals surface area contributed by atoms with Crippen LogP contribution in [-0.2, 0) is 0 Å². The third-order valence-electron chi connectivity index (χ3n) is 4.30. The highest BCUT2D eigenvalue weighted by molar-refractivity contribution is 5.90. The molecule has 2 N–H and O–H groups in total. The molecule has 0 bridgehead atoms. The highest BCUT2D eigenvalue weighted by Gasteiger charge is 2.16. The summed E-state index contributed by atoms with van der Waals surface area (Å²) in [5.41, 5.74) is 2.20. The van der Waals surface area contributed by atoms with Gasteiger partial charge in [0.1, 0.15) is 11.6 Å². The van der Waals surface area contributed by atoms with Crippen molar-refractivity contribution in [3.8, 4) is 5.69 Å². The lowest BCUT2D eigenvalue weighted by Crippen LogP contribution is -2.23. The molecule has 8 heteroatoms. The van der Waals surface area contributed by atoms with Gasteiger partial charge in [0.15, 0.2) is 5.65 Å². The monoisotopic (exact) mass is 378 g/mol. The molecule has 0 aliphatic rings. The van der Waals surface area contributed by atoms with Crippen molar-refractivity contribution >= 4 is 28.5 Å². The second-order valence-electron chi connectivity index (χ2n) is 6.28. The average molecular weight is 378 g/mol. The maximum absolute atomic E-state index is 13.2. The van der Waals surface area contributed by atoms with Gasteiger partial charge in [0.2, 0.25) is 5.95 Å². The normalized spacial score (nSPS) is 11.0. The minimum absolute atomic E-state index is 0.0173. The van der Waals surface area contributed by atoms with Gasteiger partial charge in [0.05, 0.1) is 23.9 Å². The van der Waals surface area contributed by atoms with Gasteiger partial charge in [-0.05, 0) is 36.4 Å². The van der Waals surface area contributed by atoms with E-state index in [1.165, 1.54) is 12.1 Å². The van der Waals surface area contributed by atoms with E-state index < -0.39 is 0 Å². The van der Waals surface area contributed by atoms with Crippen LogP contribution in [0, 0.1) is 5.82 Å². The number of hydrogen-bond acceptors (Lipinski definition) is 6. The Hall–Kier alpha value is -3.52. The van der Waals surface area contributed by atoms with E-state index in [-0.39, 0.29) is 12.4 Å². The second-order valence-corrected chi connectivity index (χ2v) is 6.28. The van der Waals surface area contributed by atoms with Crippen LogP contribution in [0.1, 0.15) is 0 Å². The number of anilines is 3. The van der Waals surface area contributed by atoms with Gasteiger partial charge in [-0.3, -0.25) is 0 Å². The van der Waals surface area contributed by atoms with Gasteiger partial charge in [-0.1, -0.05) is 18.2 Å². The number of halogens is 1. The summed E-state index contributed by atoms with van der Waals surface area (Å²) in [7, 11) is 1.81. The summed E-state index contributed by atoms with van der Waals surface area (Å²) in [4.78, 5) is 11.0. The lowest BCUT2D eigenvalue weighted by Gasteiger charge is -2.17. The molecule has 0 unspecified atom stereocenters. The van der Waals surface area contributed by atoms with Gasteiger partial charge < -0.3 is 15.3 Å². The zero-order chi connectivity index (χ0) is 19.5. The lowest BCUT2D eigenvalue weighted by atomic mass is 10.3. The number of aliphatic hydroxyl groups excluding tert-OH is 1. The fourth-order valence-electron chi connectivity index (χ4n) is 2.84. The first-order valence-electron chi connectivity index (χ1n) is 8.81. The van der Waals surface area contributed by atoms with Gasteiger partial charge in [0.25, 0.3) is 0 Å². The van der Waals surface area contributed by atoms with Crippen molar-refractivity contribution in [2.45, 2.75) is 0 Å². The van der Waals surface area contributed by atoms with Crippen LogP contribution < -0.4 is 10.2 Å². The predicted molar refractivity (Wildman–Crippen MR) is 107 cm³/mol. The van der Waals surface area contributed by atoms with Crippen molar-refractivity contribution in [3.05, 3.63) is 66.6 Å². The standard InChI is InChI=1S/C20H19FN6O/c1-26(11-12-28)20-24-18(23-15-9-7-14(21)8-10-15)17-13-22-27(19(17)25-20)16-5-3-2-4-6-16/h2-10,13,28H,11-12H2,1H3,(H,23,24,25). The van der Waals surface area contributed by atoms with Crippen molar-refractivity contribution in [1.29, 1.82) is 0 Å². The van der Waals surface area contributed by atoms with Crippen molar-refractivity contribution in [2.75, 3.05) is 30.4 Å². The number of aliphatic hydroxyl groups is 1. The first-order chi connectivity index (χ1) is 13.7. The third-order valence-corrected chi connectivity index (χ3v) is 4.30. The van der Waals surface area contributed by atoms with Gasteiger partial charge in [-0.15, -0.1) is 0 Å². The smallest absolute Gasteiger partial charge is 0.229 e.